The number of nitrogens with zero attached hydrogens (tertiary/aromatic N) is 3. The van der Waals surface area contributed by atoms with E-state index in [1.54, 1.807) is 11.0 Å². The SMILES string of the molecule is Cl.N[C@@H]1CCN(C(=O)c2cnn(-c3cccc(C(F)(F)F)c3)c2C2CC2)C1. The Morgan fingerprint density at radius 1 is 1.22 bits per heavy atom. The summed E-state index contributed by atoms with van der Waals surface area (Å²) in [6, 6.07) is 5.01. The number of carbonyl (C=O) groups is 1. The van der Waals surface area contributed by atoms with Gasteiger partial charge in [0.1, 0.15) is 0 Å². The van der Waals surface area contributed by atoms with Crippen LogP contribution < -0.4 is 5.73 Å². The molecule has 0 bridgehead atoms. The quantitative estimate of drug-likeness (QED) is 0.859. The maximum absolute atomic E-state index is 13.0. The van der Waals surface area contributed by atoms with E-state index in [2.05, 4.69) is 5.10 Å². The van der Waals surface area contributed by atoms with E-state index < -0.39 is 11.7 Å². The number of rotatable bonds is 3. The number of amides is 1. The number of halogens is 4. The molecule has 1 saturated carbocycles. The van der Waals surface area contributed by atoms with Gasteiger partial charge in [-0.3, -0.25) is 4.79 Å². The fraction of sp³-hybridized carbons (Fsp3) is 0.444. The van der Waals surface area contributed by atoms with Crippen LogP contribution in [-0.2, 0) is 6.18 Å². The molecule has 27 heavy (non-hydrogen) atoms. The van der Waals surface area contributed by atoms with Crippen LogP contribution in [0.5, 0.6) is 0 Å². The maximum Gasteiger partial charge on any atom is 0.416 e. The van der Waals surface area contributed by atoms with Crippen molar-refractivity contribution < 1.29 is 18.0 Å². The van der Waals surface area contributed by atoms with Crippen molar-refractivity contribution in [3.63, 3.8) is 0 Å². The second-order valence-electron chi connectivity index (χ2n) is 6.98. The van der Waals surface area contributed by atoms with Gasteiger partial charge in [-0.15, -0.1) is 12.4 Å². The van der Waals surface area contributed by atoms with Crippen LogP contribution in [0.25, 0.3) is 5.69 Å². The zero-order valence-electron chi connectivity index (χ0n) is 14.4. The smallest absolute Gasteiger partial charge is 0.337 e. The highest BCUT2D eigenvalue weighted by Crippen LogP contribution is 2.43. The molecular weight excluding hydrogens is 381 g/mol. The Morgan fingerprint density at radius 3 is 2.56 bits per heavy atom. The molecule has 1 amide bonds. The lowest BCUT2D eigenvalue weighted by atomic mass is 10.1. The number of hydrogen-bond acceptors (Lipinski definition) is 3. The predicted molar refractivity (Wildman–Crippen MR) is 96.3 cm³/mol. The molecule has 0 radical (unpaired) electrons. The summed E-state index contributed by atoms with van der Waals surface area (Å²) in [5, 5.41) is 4.25. The minimum absolute atomic E-state index is 0. The molecule has 9 heteroatoms. The highest BCUT2D eigenvalue weighted by atomic mass is 35.5. The van der Waals surface area contributed by atoms with Crippen LogP contribution in [0.3, 0.4) is 0 Å². The van der Waals surface area contributed by atoms with Gasteiger partial charge in [-0.05, 0) is 37.5 Å². The Morgan fingerprint density at radius 2 is 1.96 bits per heavy atom. The summed E-state index contributed by atoms with van der Waals surface area (Å²) >= 11 is 0. The minimum Gasteiger partial charge on any atom is -0.337 e. The van der Waals surface area contributed by atoms with Gasteiger partial charge in [-0.1, -0.05) is 6.07 Å². The van der Waals surface area contributed by atoms with Crippen molar-refractivity contribution in [1.29, 1.82) is 0 Å². The lowest BCUT2D eigenvalue weighted by Gasteiger charge is -2.16. The molecule has 1 aromatic heterocycles. The molecule has 0 spiro atoms. The maximum atomic E-state index is 13.0. The Labute approximate surface area is 160 Å². The first-order valence-corrected chi connectivity index (χ1v) is 8.65. The predicted octanol–water partition coefficient (Wildman–Crippen LogP) is 3.36. The minimum atomic E-state index is -4.42. The van der Waals surface area contributed by atoms with Crippen LogP contribution >= 0.6 is 12.4 Å². The van der Waals surface area contributed by atoms with Crippen LogP contribution in [0.4, 0.5) is 13.2 Å². The van der Waals surface area contributed by atoms with Gasteiger partial charge < -0.3 is 10.6 Å². The van der Waals surface area contributed by atoms with Gasteiger partial charge in [-0.2, -0.15) is 18.3 Å². The summed E-state index contributed by atoms with van der Waals surface area (Å²) in [4.78, 5) is 14.6. The highest BCUT2D eigenvalue weighted by molar-refractivity contribution is 5.95. The van der Waals surface area contributed by atoms with E-state index in [0.29, 0.717) is 30.0 Å². The molecule has 4 rings (SSSR count). The Kier molecular flexibility index (Phi) is 5.22. The number of hydrogen-bond donors (Lipinski definition) is 1. The lowest BCUT2D eigenvalue weighted by Crippen LogP contribution is -2.32. The lowest BCUT2D eigenvalue weighted by molar-refractivity contribution is -0.137. The van der Waals surface area contributed by atoms with Crippen LogP contribution in [0.15, 0.2) is 30.5 Å². The number of likely N-dealkylation sites (tertiary alicyclic amines) is 1. The molecule has 1 aliphatic heterocycles. The molecule has 2 fully saturated rings. The second kappa shape index (κ2) is 7.16. The molecule has 2 N–H and O–H groups in total. The zero-order valence-corrected chi connectivity index (χ0v) is 15.3. The molecule has 1 saturated heterocycles. The summed E-state index contributed by atoms with van der Waals surface area (Å²) in [5.74, 6) is 0.0142. The number of benzene rings is 1. The van der Waals surface area contributed by atoms with Crippen molar-refractivity contribution >= 4 is 18.3 Å². The number of nitrogens with two attached hydrogens (primary N) is 1. The summed E-state index contributed by atoms with van der Waals surface area (Å²) in [5.41, 5.74) is 6.65. The Hall–Kier alpha value is -2.06. The Balaban J connectivity index is 0.00000210. The van der Waals surface area contributed by atoms with Gasteiger partial charge in [0.15, 0.2) is 0 Å². The fourth-order valence-electron chi connectivity index (χ4n) is 3.43. The average Bonchev–Trinajstić information content (AvgIpc) is 3.19. The van der Waals surface area contributed by atoms with Gasteiger partial charge in [0, 0.05) is 25.0 Å². The summed E-state index contributed by atoms with van der Waals surface area (Å²) in [7, 11) is 0. The van der Waals surface area contributed by atoms with E-state index >= 15 is 0 Å². The van der Waals surface area contributed by atoms with Crippen molar-refractivity contribution in [2.75, 3.05) is 13.1 Å². The fourth-order valence-corrected chi connectivity index (χ4v) is 3.43. The van der Waals surface area contributed by atoms with E-state index in [9.17, 15) is 18.0 Å². The normalized spacial score (nSPS) is 19.9. The molecule has 2 heterocycles. The first-order valence-electron chi connectivity index (χ1n) is 8.65. The van der Waals surface area contributed by atoms with E-state index in [1.165, 1.54) is 16.9 Å². The third kappa shape index (κ3) is 3.82. The van der Waals surface area contributed by atoms with Crippen LogP contribution in [0.1, 0.15) is 46.8 Å². The second-order valence-corrected chi connectivity index (χ2v) is 6.98. The van der Waals surface area contributed by atoms with Gasteiger partial charge in [0.05, 0.1) is 28.7 Å². The molecule has 5 nitrogen and oxygen atoms in total. The highest BCUT2D eigenvalue weighted by Gasteiger charge is 2.36. The summed E-state index contributed by atoms with van der Waals surface area (Å²) in [6.07, 6.45) is -0.380. The summed E-state index contributed by atoms with van der Waals surface area (Å²) < 4.78 is 40.6. The average molecular weight is 401 g/mol. The van der Waals surface area contributed by atoms with Gasteiger partial charge in [0.25, 0.3) is 5.91 Å². The number of carbonyl (C=O) groups excluding carboxylic acids is 1. The number of aromatic nitrogens is 2. The van der Waals surface area contributed by atoms with Crippen LogP contribution in [0.2, 0.25) is 0 Å². The van der Waals surface area contributed by atoms with E-state index in [4.69, 9.17) is 5.73 Å². The topological polar surface area (TPSA) is 64.2 Å². The standard InChI is InChI=1S/C18H19F3N4O.ClH/c19-18(20,21)12-2-1-3-14(8-12)25-16(11-4-5-11)15(9-23-25)17(26)24-7-6-13(22)10-24;/h1-3,8-9,11,13H,4-7,10,22H2;1H/t13-;/m1./s1. The first kappa shape index (κ1) is 19.7. The number of alkyl halides is 3. The molecule has 1 aliphatic carbocycles. The molecule has 146 valence electrons. The molecule has 1 aromatic carbocycles. The monoisotopic (exact) mass is 400 g/mol. The summed E-state index contributed by atoms with van der Waals surface area (Å²) in [6.45, 7) is 1.09. The van der Waals surface area contributed by atoms with Crippen molar-refractivity contribution in [3.8, 4) is 5.69 Å². The molecule has 2 aliphatic rings. The van der Waals surface area contributed by atoms with E-state index in [1.807, 2.05) is 0 Å². The van der Waals surface area contributed by atoms with Gasteiger partial charge in [0.2, 0.25) is 0 Å². The molecule has 2 aromatic rings. The third-order valence-electron chi connectivity index (χ3n) is 4.93. The largest absolute Gasteiger partial charge is 0.416 e. The van der Waals surface area contributed by atoms with Crippen molar-refractivity contribution in [1.82, 2.24) is 14.7 Å². The van der Waals surface area contributed by atoms with Crippen molar-refractivity contribution in [2.24, 2.45) is 5.73 Å². The van der Waals surface area contributed by atoms with Gasteiger partial charge in [-0.25, -0.2) is 4.68 Å². The van der Waals surface area contributed by atoms with Crippen LogP contribution in [0, 0.1) is 0 Å². The van der Waals surface area contributed by atoms with Crippen molar-refractivity contribution in [2.45, 2.75) is 37.4 Å². The first-order chi connectivity index (χ1) is 12.3. The molecular formula is C18H20ClF3N4O. The zero-order chi connectivity index (χ0) is 18.5. The Bertz CT molecular complexity index is 847. The van der Waals surface area contributed by atoms with Crippen LogP contribution in [-0.4, -0.2) is 39.7 Å². The van der Waals surface area contributed by atoms with E-state index in [0.717, 1.165) is 31.4 Å². The molecule has 1 atom stereocenters. The van der Waals surface area contributed by atoms with E-state index in [-0.39, 0.29) is 30.3 Å². The van der Waals surface area contributed by atoms with Gasteiger partial charge >= 0.3 is 6.18 Å². The molecule has 0 unspecified atom stereocenters. The third-order valence-corrected chi connectivity index (χ3v) is 4.93. The van der Waals surface area contributed by atoms with Crippen molar-refractivity contribution in [3.05, 3.63) is 47.3 Å².